The highest BCUT2D eigenvalue weighted by Crippen LogP contribution is 2.38. The molecular weight excluding hydrogens is 568 g/mol. The summed E-state index contributed by atoms with van der Waals surface area (Å²) in [4.78, 5) is 53.0. The van der Waals surface area contributed by atoms with E-state index in [2.05, 4.69) is 15.4 Å². The first-order valence-corrected chi connectivity index (χ1v) is 13.6. The van der Waals surface area contributed by atoms with Crippen LogP contribution >= 0.6 is 0 Å². The minimum Gasteiger partial charge on any atom is -0.462 e. The molecule has 238 valence electrons. The number of ether oxygens (including phenoxy) is 5. The highest BCUT2D eigenvalue weighted by Gasteiger charge is 2.57. The number of esters is 3. The Labute approximate surface area is 248 Å². The lowest BCUT2D eigenvalue weighted by atomic mass is 9.87. The molecule has 16 nitrogen and oxygen atoms in total. The Morgan fingerprint density at radius 1 is 1.14 bits per heavy atom. The number of anilines is 1. The van der Waals surface area contributed by atoms with Crippen molar-refractivity contribution in [3.63, 3.8) is 0 Å². The van der Waals surface area contributed by atoms with Gasteiger partial charge in [0.1, 0.15) is 36.7 Å². The average Bonchev–Trinajstić information content (AvgIpc) is 3.46. The second-order valence-electron chi connectivity index (χ2n) is 12.2. The molecule has 16 heteroatoms. The number of carbonyl (C=O) groups is 4. The molecule has 43 heavy (non-hydrogen) atoms. The molecular formula is C27H40N6O10. The third-order valence-corrected chi connectivity index (χ3v) is 6.66. The Bertz CT molecular complexity index is 1350. The number of aromatic nitrogens is 3. The molecule has 0 unspecified atom stereocenters. The van der Waals surface area contributed by atoms with Gasteiger partial charge < -0.3 is 34.5 Å². The molecule has 0 radical (unpaired) electrons. The average molecular weight is 609 g/mol. The van der Waals surface area contributed by atoms with E-state index >= 15 is 0 Å². The monoisotopic (exact) mass is 608 g/mol. The summed E-state index contributed by atoms with van der Waals surface area (Å²) < 4.78 is 27.9. The molecule has 1 amide bonds. The molecule has 1 saturated heterocycles. The SMILES string of the molecule is CCC(=O)O[C@H]1[C@@H](O)[C@](N)(c2ccc3c(NC(=O)OCOC(=O)C(C)(C)C)ncnn23)O[C@@H]1COC(=O)[C@@H](N)C(C)(C)C. The molecule has 5 atom stereocenters. The zero-order chi connectivity index (χ0) is 32.3. The standard InChI is InChI=1S/C27H40N6O10/c1-8-17(34)42-18-15(11-39-22(36)19(28)25(2,3)4)43-27(29,20(18)35)16-10-9-14-21(30-12-31-33(14)16)32-24(38)41-13-40-23(37)26(5,6)7/h9-10,12,15,18-20,35H,8,11,13,28-29H2,1-7H3,(H,30,31,32,38)/t15-,18-,19-,20-,27+/m1/s1. The van der Waals surface area contributed by atoms with Gasteiger partial charge in [-0.3, -0.25) is 25.4 Å². The maximum Gasteiger partial charge on any atom is 0.415 e. The van der Waals surface area contributed by atoms with Gasteiger partial charge in [-0.2, -0.15) is 5.10 Å². The Morgan fingerprint density at radius 2 is 1.81 bits per heavy atom. The number of nitrogens with two attached hydrogens (primary N) is 2. The molecule has 3 heterocycles. The van der Waals surface area contributed by atoms with Crippen molar-refractivity contribution in [2.75, 3.05) is 18.7 Å². The van der Waals surface area contributed by atoms with Crippen molar-refractivity contribution in [1.29, 1.82) is 0 Å². The number of hydrogen-bond donors (Lipinski definition) is 4. The minimum atomic E-state index is -2.01. The summed E-state index contributed by atoms with van der Waals surface area (Å²) in [6, 6.07) is 2.02. The predicted octanol–water partition coefficient (Wildman–Crippen LogP) is 0.934. The molecule has 0 aliphatic carbocycles. The van der Waals surface area contributed by atoms with E-state index in [1.807, 2.05) is 0 Å². The van der Waals surface area contributed by atoms with Gasteiger partial charge >= 0.3 is 24.0 Å². The fourth-order valence-electron chi connectivity index (χ4n) is 3.97. The van der Waals surface area contributed by atoms with E-state index in [9.17, 15) is 24.3 Å². The van der Waals surface area contributed by atoms with Crippen LogP contribution in [0.3, 0.4) is 0 Å². The van der Waals surface area contributed by atoms with Crippen LogP contribution < -0.4 is 16.8 Å². The van der Waals surface area contributed by atoms with E-state index < -0.39 is 78.3 Å². The van der Waals surface area contributed by atoms with Crippen LogP contribution in [0.1, 0.15) is 60.6 Å². The first kappa shape index (κ1) is 33.6. The topological polar surface area (TPSA) is 229 Å². The van der Waals surface area contributed by atoms with Crippen molar-refractivity contribution in [3.05, 3.63) is 24.2 Å². The van der Waals surface area contributed by atoms with Gasteiger partial charge in [0, 0.05) is 6.42 Å². The predicted molar refractivity (Wildman–Crippen MR) is 149 cm³/mol. The summed E-state index contributed by atoms with van der Waals surface area (Å²) in [5, 5.41) is 17.9. The molecule has 1 aliphatic heterocycles. The summed E-state index contributed by atoms with van der Waals surface area (Å²) in [5.41, 5.74) is 9.53. The number of aliphatic hydroxyl groups is 1. The number of carbonyl (C=O) groups excluding carboxylic acids is 4. The quantitative estimate of drug-likeness (QED) is 0.176. The molecule has 3 rings (SSSR count). The van der Waals surface area contributed by atoms with E-state index in [0.717, 1.165) is 6.33 Å². The number of hydrogen-bond acceptors (Lipinski definition) is 14. The van der Waals surface area contributed by atoms with Crippen molar-refractivity contribution < 1.29 is 48.0 Å². The van der Waals surface area contributed by atoms with Gasteiger partial charge in [0.05, 0.1) is 11.1 Å². The molecule has 0 bridgehead atoms. The largest absolute Gasteiger partial charge is 0.462 e. The van der Waals surface area contributed by atoms with Crippen LogP contribution in [0.4, 0.5) is 10.6 Å². The lowest BCUT2D eigenvalue weighted by Crippen LogP contribution is -2.50. The highest BCUT2D eigenvalue weighted by atomic mass is 16.7. The zero-order valence-electron chi connectivity index (χ0n) is 25.3. The third kappa shape index (κ3) is 7.57. The maximum absolute atomic E-state index is 12.6. The number of nitrogens with zero attached hydrogens (tertiary/aromatic N) is 3. The Balaban J connectivity index is 1.82. The van der Waals surface area contributed by atoms with E-state index in [4.69, 9.17) is 35.2 Å². The lowest BCUT2D eigenvalue weighted by Gasteiger charge is -2.27. The van der Waals surface area contributed by atoms with Crippen LogP contribution in [-0.2, 0) is 43.8 Å². The molecule has 1 aliphatic rings. The van der Waals surface area contributed by atoms with Gasteiger partial charge in [0.25, 0.3) is 0 Å². The summed E-state index contributed by atoms with van der Waals surface area (Å²) in [7, 11) is 0. The smallest absolute Gasteiger partial charge is 0.415 e. The van der Waals surface area contributed by atoms with Gasteiger partial charge in [0.15, 0.2) is 17.6 Å². The van der Waals surface area contributed by atoms with Crippen LogP contribution in [-0.4, -0.2) is 81.5 Å². The Morgan fingerprint density at radius 3 is 2.42 bits per heavy atom. The maximum atomic E-state index is 12.6. The fraction of sp³-hybridized carbons (Fsp3) is 0.630. The number of aliphatic hydroxyl groups excluding tert-OH is 1. The van der Waals surface area contributed by atoms with E-state index in [-0.39, 0.29) is 23.4 Å². The van der Waals surface area contributed by atoms with Crippen molar-refractivity contribution in [3.8, 4) is 0 Å². The molecule has 0 aromatic carbocycles. The van der Waals surface area contributed by atoms with Crippen LogP contribution in [0.5, 0.6) is 0 Å². The molecule has 2 aromatic heterocycles. The number of fused-ring (bicyclic) bond motifs is 1. The van der Waals surface area contributed by atoms with Gasteiger partial charge in [-0.1, -0.05) is 27.7 Å². The molecule has 1 fully saturated rings. The van der Waals surface area contributed by atoms with Crippen LogP contribution in [0.15, 0.2) is 18.5 Å². The fourth-order valence-corrected chi connectivity index (χ4v) is 3.97. The molecule has 0 spiro atoms. The molecule has 0 saturated carbocycles. The lowest BCUT2D eigenvalue weighted by molar-refractivity contribution is -0.162. The van der Waals surface area contributed by atoms with Crippen LogP contribution in [0.2, 0.25) is 0 Å². The number of rotatable bonds is 9. The van der Waals surface area contributed by atoms with Crippen molar-refractivity contribution in [2.24, 2.45) is 22.3 Å². The van der Waals surface area contributed by atoms with Gasteiger partial charge in [-0.15, -0.1) is 0 Å². The van der Waals surface area contributed by atoms with Crippen LogP contribution in [0.25, 0.3) is 5.52 Å². The minimum absolute atomic E-state index is 0.0000864. The van der Waals surface area contributed by atoms with Crippen molar-refractivity contribution >= 4 is 35.3 Å². The van der Waals surface area contributed by atoms with Gasteiger partial charge in [0.2, 0.25) is 6.79 Å². The van der Waals surface area contributed by atoms with E-state index in [1.165, 1.54) is 16.6 Å². The first-order valence-electron chi connectivity index (χ1n) is 13.6. The summed E-state index contributed by atoms with van der Waals surface area (Å²) in [5.74, 6) is -1.91. The molecule has 2 aromatic rings. The Kier molecular flexibility index (Phi) is 10.0. The van der Waals surface area contributed by atoms with Gasteiger partial charge in [-0.05, 0) is 38.3 Å². The summed E-state index contributed by atoms with van der Waals surface area (Å²) in [6.07, 6.45) is -3.96. The van der Waals surface area contributed by atoms with Crippen molar-refractivity contribution in [1.82, 2.24) is 14.6 Å². The van der Waals surface area contributed by atoms with E-state index in [1.54, 1.807) is 48.5 Å². The summed E-state index contributed by atoms with van der Waals surface area (Å²) >= 11 is 0. The van der Waals surface area contributed by atoms with Crippen LogP contribution in [0, 0.1) is 10.8 Å². The first-order chi connectivity index (χ1) is 19.9. The second kappa shape index (κ2) is 12.8. The zero-order valence-corrected chi connectivity index (χ0v) is 25.3. The van der Waals surface area contributed by atoms with Gasteiger partial charge in [-0.25, -0.2) is 14.3 Å². The molecule has 6 N–H and O–H groups in total. The summed E-state index contributed by atoms with van der Waals surface area (Å²) in [6.45, 7) is 10.8. The third-order valence-electron chi connectivity index (χ3n) is 6.66. The number of amides is 1. The van der Waals surface area contributed by atoms with Crippen molar-refractivity contribution in [2.45, 2.75) is 85.0 Å². The normalized spacial score (nSPS) is 23.0. The highest BCUT2D eigenvalue weighted by molar-refractivity contribution is 5.88. The van der Waals surface area contributed by atoms with E-state index in [0.29, 0.717) is 0 Å². The number of nitrogens with one attached hydrogen (secondary N) is 1. The second-order valence-corrected chi connectivity index (χ2v) is 12.2. The Hall–Kier alpha value is -3.86.